The van der Waals surface area contributed by atoms with Gasteiger partial charge in [-0.25, -0.2) is 0 Å². The molecule has 1 aliphatic rings. The van der Waals surface area contributed by atoms with Crippen molar-refractivity contribution >= 4 is 5.91 Å². The third-order valence-corrected chi connectivity index (χ3v) is 4.55. The maximum Gasteiger partial charge on any atom is 0.255 e. The van der Waals surface area contributed by atoms with Crippen LogP contribution in [0.15, 0.2) is 24.3 Å². The Labute approximate surface area is 146 Å². The van der Waals surface area contributed by atoms with Gasteiger partial charge in [0.2, 0.25) is 0 Å². The molecule has 4 nitrogen and oxygen atoms in total. The van der Waals surface area contributed by atoms with Crippen molar-refractivity contribution in [3.63, 3.8) is 0 Å². The summed E-state index contributed by atoms with van der Waals surface area (Å²) in [5.74, 6) is 0.669. The van der Waals surface area contributed by atoms with E-state index in [-0.39, 0.29) is 5.91 Å². The maximum absolute atomic E-state index is 12.4. The molecule has 0 unspecified atom stereocenters. The number of benzene rings is 1. The van der Waals surface area contributed by atoms with E-state index in [0.717, 1.165) is 26.1 Å². The van der Waals surface area contributed by atoms with Gasteiger partial charge >= 0.3 is 0 Å². The van der Waals surface area contributed by atoms with E-state index in [1.54, 1.807) is 0 Å². The van der Waals surface area contributed by atoms with Gasteiger partial charge in [-0.2, -0.15) is 0 Å². The summed E-state index contributed by atoms with van der Waals surface area (Å²) < 4.78 is 5.85. The lowest BCUT2D eigenvalue weighted by molar-refractivity contribution is 0.0945. The molecule has 1 N–H and O–H groups in total. The van der Waals surface area contributed by atoms with Gasteiger partial charge in [0.1, 0.15) is 5.75 Å². The van der Waals surface area contributed by atoms with Crippen LogP contribution in [0, 0.1) is 0 Å². The molecule has 1 aliphatic heterocycles. The molecule has 0 atom stereocenters. The average molecular weight is 332 g/mol. The van der Waals surface area contributed by atoms with Gasteiger partial charge in [0, 0.05) is 13.1 Å². The minimum Gasteiger partial charge on any atom is -0.493 e. The van der Waals surface area contributed by atoms with Crippen LogP contribution in [-0.2, 0) is 0 Å². The summed E-state index contributed by atoms with van der Waals surface area (Å²) in [6.45, 7) is 6.86. The fraction of sp³-hybridized carbons (Fsp3) is 0.650. The zero-order chi connectivity index (χ0) is 17.0. The second-order valence-electron chi connectivity index (χ2n) is 6.56. The second kappa shape index (κ2) is 11.1. The first-order valence-electron chi connectivity index (χ1n) is 9.53. The van der Waals surface area contributed by atoms with Crippen molar-refractivity contribution in [3.05, 3.63) is 29.8 Å². The zero-order valence-corrected chi connectivity index (χ0v) is 15.1. The fourth-order valence-electron chi connectivity index (χ4n) is 3.10. The quantitative estimate of drug-likeness (QED) is 0.626. The molecule has 0 bridgehead atoms. The molecule has 0 aliphatic carbocycles. The van der Waals surface area contributed by atoms with Gasteiger partial charge in [0.05, 0.1) is 12.2 Å². The molecule has 1 amide bonds. The number of carbonyl (C=O) groups excluding carboxylic acids is 1. The number of rotatable bonds is 11. The Balaban J connectivity index is 1.73. The zero-order valence-electron chi connectivity index (χ0n) is 15.1. The lowest BCUT2D eigenvalue weighted by Gasteiger charge is -2.15. The van der Waals surface area contributed by atoms with Gasteiger partial charge in [-0.1, -0.05) is 44.7 Å². The topological polar surface area (TPSA) is 41.6 Å². The molecule has 0 aromatic heterocycles. The lowest BCUT2D eigenvalue weighted by atomic mass is 10.1. The number of carbonyl (C=O) groups is 1. The lowest BCUT2D eigenvalue weighted by Crippen LogP contribution is -2.33. The molecule has 1 aromatic carbocycles. The van der Waals surface area contributed by atoms with Gasteiger partial charge in [-0.05, 0) is 44.5 Å². The standard InChI is InChI=1S/C20H32N2O2/c1-2-3-4-5-10-17-24-19-12-7-6-11-18(19)20(23)21-13-16-22-14-8-9-15-22/h6-7,11-12H,2-5,8-10,13-17H2,1H3,(H,21,23). The minimum absolute atomic E-state index is 0.0317. The van der Waals surface area contributed by atoms with E-state index in [9.17, 15) is 4.79 Å². The Morgan fingerprint density at radius 3 is 2.67 bits per heavy atom. The summed E-state index contributed by atoms with van der Waals surface area (Å²) in [7, 11) is 0. The van der Waals surface area contributed by atoms with Gasteiger partial charge < -0.3 is 15.0 Å². The van der Waals surface area contributed by atoms with E-state index < -0.39 is 0 Å². The van der Waals surface area contributed by atoms with Crippen LogP contribution in [0.5, 0.6) is 5.75 Å². The van der Waals surface area contributed by atoms with E-state index in [4.69, 9.17) is 4.74 Å². The Bertz CT molecular complexity index is 484. The second-order valence-corrected chi connectivity index (χ2v) is 6.56. The van der Waals surface area contributed by atoms with E-state index in [0.29, 0.717) is 24.5 Å². The Morgan fingerprint density at radius 1 is 1.12 bits per heavy atom. The number of nitrogens with one attached hydrogen (secondary N) is 1. The highest BCUT2D eigenvalue weighted by atomic mass is 16.5. The van der Waals surface area contributed by atoms with Crippen LogP contribution < -0.4 is 10.1 Å². The van der Waals surface area contributed by atoms with Crippen LogP contribution in [0.4, 0.5) is 0 Å². The van der Waals surface area contributed by atoms with Crippen molar-refractivity contribution in [2.75, 3.05) is 32.8 Å². The number of unbranched alkanes of at least 4 members (excludes halogenated alkanes) is 4. The SMILES string of the molecule is CCCCCCCOc1ccccc1C(=O)NCCN1CCCC1. The Hall–Kier alpha value is -1.55. The third-order valence-electron chi connectivity index (χ3n) is 4.55. The molecular weight excluding hydrogens is 300 g/mol. The smallest absolute Gasteiger partial charge is 0.255 e. The van der Waals surface area contributed by atoms with Crippen LogP contribution >= 0.6 is 0 Å². The number of amides is 1. The number of nitrogens with zero attached hydrogens (tertiary/aromatic N) is 1. The van der Waals surface area contributed by atoms with E-state index in [1.807, 2.05) is 24.3 Å². The number of ether oxygens (including phenoxy) is 1. The molecule has 0 saturated carbocycles. The van der Waals surface area contributed by atoms with Gasteiger partial charge in [-0.3, -0.25) is 4.79 Å². The Morgan fingerprint density at radius 2 is 1.88 bits per heavy atom. The van der Waals surface area contributed by atoms with Gasteiger partial charge in [0.15, 0.2) is 0 Å². The highest BCUT2D eigenvalue weighted by Gasteiger charge is 2.14. The molecule has 24 heavy (non-hydrogen) atoms. The van der Waals surface area contributed by atoms with Crippen molar-refractivity contribution in [3.8, 4) is 5.75 Å². The summed E-state index contributed by atoms with van der Waals surface area (Å²) in [4.78, 5) is 14.8. The van der Waals surface area contributed by atoms with Crippen LogP contribution in [0.3, 0.4) is 0 Å². The predicted octanol–water partition coefficient (Wildman–Crippen LogP) is 3.86. The summed E-state index contributed by atoms with van der Waals surface area (Å²) in [5, 5.41) is 3.02. The number of para-hydroxylation sites is 1. The normalized spacial score (nSPS) is 14.7. The van der Waals surface area contributed by atoms with Crippen LogP contribution in [0.2, 0.25) is 0 Å². The number of likely N-dealkylation sites (tertiary alicyclic amines) is 1. The average Bonchev–Trinajstić information content (AvgIpc) is 3.11. The summed E-state index contributed by atoms with van der Waals surface area (Å²) in [6.07, 6.45) is 8.60. The first-order chi connectivity index (χ1) is 11.8. The first-order valence-corrected chi connectivity index (χ1v) is 9.53. The van der Waals surface area contributed by atoms with E-state index >= 15 is 0 Å². The molecule has 1 aromatic rings. The highest BCUT2D eigenvalue weighted by molar-refractivity contribution is 5.96. The molecule has 0 radical (unpaired) electrons. The minimum atomic E-state index is -0.0317. The van der Waals surface area contributed by atoms with Crippen molar-refractivity contribution < 1.29 is 9.53 Å². The first kappa shape index (κ1) is 18.8. The maximum atomic E-state index is 12.4. The number of hydrogen-bond acceptors (Lipinski definition) is 3. The molecule has 0 spiro atoms. The van der Waals surface area contributed by atoms with Crippen molar-refractivity contribution in [1.29, 1.82) is 0 Å². The van der Waals surface area contributed by atoms with Gasteiger partial charge in [-0.15, -0.1) is 0 Å². The largest absolute Gasteiger partial charge is 0.493 e. The van der Waals surface area contributed by atoms with E-state index in [1.165, 1.54) is 38.5 Å². The number of hydrogen-bond donors (Lipinski definition) is 1. The molecule has 134 valence electrons. The van der Waals surface area contributed by atoms with Crippen LogP contribution in [0.25, 0.3) is 0 Å². The van der Waals surface area contributed by atoms with Crippen LogP contribution in [0.1, 0.15) is 62.2 Å². The van der Waals surface area contributed by atoms with E-state index in [2.05, 4.69) is 17.1 Å². The molecule has 1 heterocycles. The van der Waals surface area contributed by atoms with Crippen LogP contribution in [-0.4, -0.2) is 43.6 Å². The van der Waals surface area contributed by atoms with Crippen molar-refractivity contribution in [1.82, 2.24) is 10.2 Å². The fourth-order valence-corrected chi connectivity index (χ4v) is 3.10. The van der Waals surface area contributed by atoms with Crippen molar-refractivity contribution in [2.24, 2.45) is 0 Å². The third kappa shape index (κ3) is 6.52. The van der Waals surface area contributed by atoms with Gasteiger partial charge in [0.25, 0.3) is 5.91 Å². The molecule has 1 saturated heterocycles. The monoisotopic (exact) mass is 332 g/mol. The molecule has 1 fully saturated rings. The molecule has 2 rings (SSSR count). The predicted molar refractivity (Wildman–Crippen MR) is 98.7 cm³/mol. The Kier molecular flexibility index (Phi) is 8.67. The molecule has 4 heteroatoms. The summed E-state index contributed by atoms with van der Waals surface area (Å²) in [5.41, 5.74) is 0.646. The molecular formula is C20H32N2O2. The highest BCUT2D eigenvalue weighted by Crippen LogP contribution is 2.18. The summed E-state index contributed by atoms with van der Waals surface area (Å²) >= 11 is 0. The van der Waals surface area contributed by atoms with Crippen molar-refractivity contribution in [2.45, 2.75) is 51.9 Å². The summed E-state index contributed by atoms with van der Waals surface area (Å²) in [6, 6.07) is 7.55.